The van der Waals surface area contributed by atoms with E-state index in [-0.39, 0.29) is 6.61 Å². The van der Waals surface area contributed by atoms with E-state index in [1.807, 2.05) is 4.57 Å². The highest BCUT2D eigenvalue weighted by Gasteiger charge is 2.14. The molecule has 4 aromatic rings. The summed E-state index contributed by atoms with van der Waals surface area (Å²) in [6.45, 7) is 0.784. The van der Waals surface area contributed by atoms with E-state index in [2.05, 4.69) is 9.97 Å². The number of hydrogen-bond donors (Lipinski definition) is 0. The Labute approximate surface area is 164 Å². The van der Waals surface area contributed by atoms with Crippen molar-refractivity contribution in [3.8, 4) is 11.5 Å². The summed E-state index contributed by atoms with van der Waals surface area (Å²) in [5, 5.41) is 0.976. The summed E-state index contributed by atoms with van der Waals surface area (Å²) in [5.41, 5.74) is 2.15. The molecule has 6 nitrogen and oxygen atoms in total. The smallest absolute Gasteiger partial charge is 0.338 e. The van der Waals surface area contributed by atoms with Gasteiger partial charge in [-0.15, -0.1) is 0 Å². The van der Waals surface area contributed by atoms with Crippen LogP contribution in [0.1, 0.15) is 10.4 Å². The van der Waals surface area contributed by atoms with E-state index in [4.69, 9.17) is 32.4 Å². The Morgan fingerprint density at radius 2 is 1.96 bits per heavy atom. The first kappa shape index (κ1) is 17.6. The Kier molecular flexibility index (Phi) is 4.83. The summed E-state index contributed by atoms with van der Waals surface area (Å²) in [7, 11) is 0. The van der Waals surface area contributed by atoms with Crippen molar-refractivity contribution in [1.29, 1.82) is 0 Å². The maximum Gasteiger partial charge on any atom is 0.338 e. The zero-order valence-electron chi connectivity index (χ0n) is 13.9. The Bertz CT molecular complexity index is 1090. The van der Waals surface area contributed by atoms with Gasteiger partial charge < -0.3 is 13.7 Å². The summed E-state index contributed by atoms with van der Waals surface area (Å²) in [5.74, 6) is -0.0548. The van der Waals surface area contributed by atoms with Crippen molar-refractivity contribution in [3.05, 3.63) is 70.7 Å². The van der Waals surface area contributed by atoms with Crippen molar-refractivity contribution in [2.75, 3.05) is 6.61 Å². The molecule has 0 fully saturated rings. The van der Waals surface area contributed by atoms with E-state index in [0.29, 0.717) is 44.7 Å². The summed E-state index contributed by atoms with van der Waals surface area (Å²) in [6.07, 6.45) is 5.14. The maximum atomic E-state index is 12.2. The molecule has 0 spiro atoms. The van der Waals surface area contributed by atoms with E-state index in [1.165, 1.54) is 0 Å². The fourth-order valence-electron chi connectivity index (χ4n) is 2.60. The van der Waals surface area contributed by atoms with Crippen molar-refractivity contribution in [2.45, 2.75) is 6.54 Å². The molecule has 2 aromatic carbocycles. The minimum Gasteiger partial charge on any atom is -0.460 e. The number of rotatable bonds is 5. The van der Waals surface area contributed by atoms with E-state index in [1.54, 1.807) is 55.1 Å². The Hall–Kier alpha value is -2.83. The van der Waals surface area contributed by atoms with Crippen LogP contribution in [0.25, 0.3) is 22.6 Å². The molecule has 27 heavy (non-hydrogen) atoms. The van der Waals surface area contributed by atoms with Gasteiger partial charge in [-0.2, -0.15) is 0 Å². The third kappa shape index (κ3) is 3.97. The Morgan fingerprint density at radius 1 is 1.15 bits per heavy atom. The van der Waals surface area contributed by atoms with Gasteiger partial charge in [-0.25, -0.2) is 14.8 Å². The van der Waals surface area contributed by atoms with Gasteiger partial charge in [0.05, 0.1) is 18.4 Å². The molecule has 0 aliphatic carbocycles. The average molecular weight is 402 g/mol. The highest BCUT2D eigenvalue weighted by molar-refractivity contribution is 6.35. The van der Waals surface area contributed by atoms with Gasteiger partial charge in [0.2, 0.25) is 5.89 Å². The van der Waals surface area contributed by atoms with E-state index < -0.39 is 5.97 Å². The molecule has 0 saturated heterocycles. The number of aromatic nitrogens is 3. The number of benzene rings is 2. The van der Waals surface area contributed by atoms with Crippen molar-refractivity contribution >= 4 is 40.3 Å². The maximum absolute atomic E-state index is 12.2. The number of fused-ring (bicyclic) bond motifs is 1. The molecule has 0 N–H and O–H groups in total. The molecule has 136 valence electrons. The highest BCUT2D eigenvalue weighted by Crippen LogP contribution is 2.29. The number of nitrogens with zero attached hydrogens (tertiary/aromatic N) is 3. The molecule has 2 aromatic heterocycles. The van der Waals surface area contributed by atoms with E-state index in [9.17, 15) is 4.79 Å². The quantitative estimate of drug-likeness (QED) is 0.446. The molecule has 0 saturated carbocycles. The summed E-state index contributed by atoms with van der Waals surface area (Å²) in [6, 6.07) is 10.0. The first-order chi connectivity index (χ1) is 13.1. The second-order valence-electron chi connectivity index (χ2n) is 5.80. The Morgan fingerprint density at radius 3 is 2.70 bits per heavy atom. The fourth-order valence-corrected chi connectivity index (χ4v) is 3.12. The van der Waals surface area contributed by atoms with Crippen molar-refractivity contribution in [2.24, 2.45) is 0 Å². The highest BCUT2D eigenvalue weighted by atomic mass is 35.5. The second kappa shape index (κ2) is 7.42. The van der Waals surface area contributed by atoms with Gasteiger partial charge in [0.25, 0.3) is 0 Å². The molecule has 0 amide bonds. The van der Waals surface area contributed by atoms with Crippen molar-refractivity contribution in [3.63, 3.8) is 0 Å². The van der Waals surface area contributed by atoms with Gasteiger partial charge in [0, 0.05) is 28.0 Å². The van der Waals surface area contributed by atoms with Gasteiger partial charge in [-0.1, -0.05) is 23.2 Å². The lowest BCUT2D eigenvalue weighted by Crippen LogP contribution is -2.10. The van der Waals surface area contributed by atoms with Gasteiger partial charge in [-0.05, 0) is 36.4 Å². The fraction of sp³-hybridized carbons (Fsp3) is 0.105. The average Bonchev–Trinajstić information content (AvgIpc) is 3.29. The van der Waals surface area contributed by atoms with Gasteiger partial charge in [0.15, 0.2) is 5.58 Å². The number of imidazole rings is 1. The van der Waals surface area contributed by atoms with Crippen LogP contribution >= 0.6 is 23.2 Å². The first-order valence-electron chi connectivity index (χ1n) is 8.08. The van der Waals surface area contributed by atoms with Gasteiger partial charge in [-0.3, -0.25) is 0 Å². The normalized spacial score (nSPS) is 11.0. The number of halogens is 2. The van der Waals surface area contributed by atoms with Crippen molar-refractivity contribution < 1.29 is 13.9 Å². The minimum atomic E-state index is -0.430. The van der Waals surface area contributed by atoms with Crippen molar-refractivity contribution in [1.82, 2.24) is 14.5 Å². The number of esters is 1. The van der Waals surface area contributed by atoms with Crippen LogP contribution in [0, 0.1) is 0 Å². The summed E-state index contributed by atoms with van der Waals surface area (Å²) < 4.78 is 12.9. The molecule has 0 aliphatic heterocycles. The van der Waals surface area contributed by atoms with Gasteiger partial charge >= 0.3 is 5.97 Å². The van der Waals surface area contributed by atoms with Crippen LogP contribution < -0.4 is 0 Å². The van der Waals surface area contributed by atoms with E-state index >= 15 is 0 Å². The lowest BCUT2D eigenvalue weighted by molar-refractivity contribution is 0.0491. The molecule has 0 unspecified atom stereocenters. The SMILES string of the molecule is O=C(OCCn1ccnc1)c1ccc2nc(-c3cc(Cl)cc(Cl)c3)oc2c1. The van der Waals surface area contributed by atoms with Crippen LogP contribution in [-0.4, -0.2) is 27.1 Å². The van der Waals surface area contributed by atoms with Crippen LogP contribution in [0.3, 0.4) is 0 Å². The van der Waals surface area contributed by atoms with Gasteiger partial charge in [0.1, 0.15) is 12.1 Å². The zero-order valence-corrected chi connectivity index (χ0v) is 15.4. The monoisotopic (exact) mass is 401 g/mol. The lowest BCUT2D eigenvalue weighted by atomic mass is 10.2. The number of carbonyl (C=O) groups is 1. The molecule has 4 rings (SSSR count). The predicted octanol–water partition coefficient (Wildman–Crippen LogP) is 4.86. The zero-order chi connectivity index (χ0) is 18.8. The molecule has 8 heteroatoms. The Balaban J connectivity index is 1.52. The molecular weight excluding hydrogens is 389 g/mol. The second-order valence-corrected chi connectivity index (χ2v) is 6.67. The molecule has 0 bridgehead atoms. The van der Waals surface area contributed by atoms with Crippen LogP contribution in [0.4, 0.5) is 0 Å². The van der Waals surface area contributed by atoms with Crippen LogP contribution in [-0.2, 0) is 11.3 Å². The first-order valence-corrected chi connectivity index (χ1v) is 8.84. The molecule has 0 aliphatic rings. The molecule has 0 atom stereocenters. The van der Waals surface area contributed by atoms with Crippen LogP contribution in [0.15, 0.2) is 59.5 Å². The topological polar surface area (TPSA) is 70.2 Å². The number of hydrogen-bond acceptors (Lipinski definition) is 5. The lowest BCUT2D eigenvalue weighted by Gasteiger charge is -2.05. The number of carbonyl (C=O) groups excluding carboxylic acids is 1. The minimum absolute atomic E-state index is 0.246. The number of ether oxygens (including phenoxy) is 1. The van der Waals surface area contributed by atoms with E-state index in [0.717, 1.165) is 0 Å². The number of oxazole rings is 1. The summed E-state index contributed by atoms with van der Waals surface area (Å²) >= 11 is 12.1. The molecule has 2 heterocycles. The molecular formula is C19H13Cl2N3O3. The molecule has 0 radical (unpaired) electrons. The van der Waals surface area contributed by atoms with Crippen LogP contribution in [0.2, 0.25) is 10.0 Å². The summed E-state index contributed by atoms with van der Waals surface area (Å²) in [4.78, 5) is 20.6. The largest absolute Gasteiger partial charge is 0.460 e. The predicted molar refractivity (Wildman–Crippen MR) is 102 cm³/mol. The van der Waals surface area contributed by atoms with Crippen LogP contribution in [0.5, 0.6) is 0 Å². The standard InChI is InChI=1S/C19H13Cl2N3O3/c20-14-7-13(8-15(21)10-14)18-23-16-2-1-12(9-17(16)27-18)19(25)26-6-5-24-4-3-22-11-24/h1-4,7-11H,5-6H2. The third-order valence-corrected chi connectivity index (χ3v) is 4.31. The third-order valence-electron chi connectivity index (χ3n) is 3.88.